The van der Waals surface area contributed by atoms with E-state index in [1.807, 2.05) is 13.8 Å². The molecule has 7 nitrogen and oxygen atoms in total. The third-order valence-electron chi connectivity index (χ3n) is 2.85. The standard InChI is InChI=1S/C15H20N2O5/c1-9(2)7-12(15(20)21)17-13(18)8-22-11-5-3-10(4-6-11)14(16)19/h3-6,9,12H,7-8H2,1-2H3,(H2,16,19)(H,17,18)(H,20,21)/t12-/m1/s1. The molecule has 0 saturated carbocycles. The van der Waals surface area contributed by atoms with E-state index < -0.39 is 23.8 Å². The highest BCUT2D eigenvalue weighted by atomic mass is 16.5. The van der Waals surface area contributed by atoms with Crippen molar-refractivity contribution in [3.63, 3.8) is 0 Å². The number of carboxylic acid groups (broad SMARTS) is 1. The second-order valence-electron chi connectivity index (χ2n) is 5.27. The Balaban J connectivity index is 2.51. The van der Waals surface area contributed by atoms with Gasteiger partial charge in [-0.3, -0.25) is 9.59 Å². The van der Waals surface area contributed by atoms with Gasteiger partial charge in [-0.2, -0.15) is 0 Å². The van der Waals surface area contributed by atoms with Crippen molar-refractivity contribution in [2.75, 3.05) is 6.61 Å². The molecule has 0 aliphatic heterocycles. The first-order valence-electron chi connectivity index (χ1n) is 6.84. The highest BCUT2D eigenvalue weighted by Crippen LogP contribution is 2.11. The fraction of sp³-hybridized carbons (Fsp3) is 0.400. The number of primary amides is 1. The van der Waals surface area contributed by atoms with Gasteiger partial charge in [0.1, 0.15) is 11.8 Å². The zero-order valence-electron chi connectivity index (χ0n) is 12.5. The molecule has 1 aromatic carbocycles. The van der Waals surface area contributed by atoms with E-state index in [9.17, 15) is 14.4 Å². The Bertz CT molecular complexity index is 539. The van der Waals surface area contributed by atoms with Crippen LogP contribution in [-0.4, -0.2) is 35.5 Å². The number of rotatable bonds is 8. The minimum atomic E-state index is -1.08. The van der Waals surface area contributed by atoms with Crippen LogP contribution in [0.15, 0.2) is 24.3 Å². The van der Waals surface area contributed by atoms with Crippen LogP contribution in [0, 0.1) is 5.92 Å². The van der Waals surface area contributed by atoms with E-state index in [0.717, 1.165) is 0 Å². The summed E-state index contributed by atoms with van der Waals surface area (Å²) in [5, 5.41) is 11.4. The average molecular weight is 308 g/mol. The van der Waals surface area contributed by atoms with Crippen LogP contribution in [0.1, 0.15) is 30.6 Å². The minimum Gasteiger partial charge on any atom is -0.484 e. The molecule has 2 amide bonds. The molecule has 0 saturated heterocycles. The largest absolute Gasteiger partial charge is 0.484 e. The number of aliphatic carboxylic acids is 1. The first-order chi connectivity index (χ1) is 10.3. The van der Waals surface area contributed by atoms with E-state index >= 15 is 0 Å². The van der Waals surface area contributed by atoms with Crippen LogP contribution < -0.4 is 15.8 Å². The molecule has 1 aromatic rings. The van der Waals surface area contributed by atoms with Crippen molar-refractivity contribution in [3.8, 4) is 5.75 Å². The van der Waals surface area contributed by atoms with Crippen molar-refractivity contribution in [2.24, 2.45) is 11.7 Å². The lowest BCUT2D eigenvalue weighted by molar-refractivity contribution is -0.142. The number of hydrogen-bond donors (Lipinski definition) is 3. The molecule has 4 N–H and O–H groups in total. The molecule has 0 spiro atoms. The van der Waals surface area contributed by atoms with Crippen molar-refractivity contribution in [3.05, 3.63) is 29.8 Å². The summed E-state index contributed by atoms with van der Waals surface area (Å²) >= 11 is 0. The second kappa shape index (κ2) is 8.02. The maximum absolute atomic E-state index is 11.7. The first kappa shape index (κ1) is 17.5. The van der Waals surface area contributed by atoms with E-state index in [2.05, 4.69) is 5.32 Å². The van der Waals surface area contributed by atoms with Gasteiger partial charge < -0.3 is 20.9 Å². The maximum atomic E-state index is 11.7. The van der Waals surface area contributed by atoms with Crippen molar-refractivity contribution in [1.29, 1.82) is 0 Å². The zero-order chi connectivity index (χ0) is 16.7. The van der Waals surface area contributed by atoms with Crippen molar-refractivity contribution in [1.82, 2.24) is 5.32 Å². The molecule has 0 aliphatic carbocycles. The average Bonchev–Trinajstić information content (AvgIpc) is 2.44. The molecule has 0 fully saturated rings. The number of ether oxygens (including phenoxy) is 1. The Kier molecular flexibility index (Phi) is 6.37. The number of nitrogens with one attached hydrogen (secondary N) is 1. The third kappa shape index (κ3) is 5.82. The molecule has 7 heteroatoms. The molecular weight excluding hydrogens is 288 g/mol. The van der Waals surface area contributed by atoms with Crippen LogP contribution >= 0.6 is 0 Å². The number of carboxylic acids is 1. The lowest BCUT2D eigenvalue weighted by atomic mass is 10.0. The fourth-order valence-electron chi connectivity index (χ4n) is 1.79. The Morgan fingerprint density at radius 2 is 1.82 bits per heavy atom. The Labute approximate surface area is 128 Å². The van der Waals surface area contributed by atoms with Crippen LogP contribution in [0.25, 0.3) is 0 Å². The summed E-state index contributed by atoms with van der Waals surface area (Å²) in [7, 11) is 0. The van der Waals surface area contributed by atoms with Crippen LogP contribution in [0.5, 0.6) is 5.75 Å². The van der Waals surface area contributed by atoms with Gasteiger partial charge in [-0.15, -0.1) is 0 Å². The van der Waals surface area contributed by atoms with Crippen LogP contribution in [-0.2, 0) is 9.59 Å². The smallest absolute Gasteiger partial charge is 0.326 e. The van der Waals surface area contributed by atoms with Gasteiger partial charge in [0.2, 0.25) is 5.91 Å². The molecule has 1 rings (SSSR count). The second-order valence-corrected chi connectivity index (χ2v) is 5.27. The summed E-state index contributed by atoms with van der Waals surface area (Å²) in [4.78, 5) is 33.7. The molecular formula is C15H20N2O5. The molecule has 0 bridgehead atoms. The number of carbonyl (C=O) groups excluding carboxylic acids is 2. The van der Waals surface area contributed by atoms with Crippen molar-refractivity contribution >= 4 is 17.8 Å². The van der Waals surface area contributed by atoms with Gasteiger partial charge in [-0.25, -0.2) is 4.79 Å². The summed E-state index contributed by atoms with van der Waals surface area (Å²) in [6, 6.07) is 5.04. The van der Waals surface area contributed by atoms with Gasteiger partial charge >= 0.3 is 5.97 Å². The van der Waals surface area contributed by atoms with Crippen LogP contribution in [0.2, 0.25) is 0 Å². The zero-order valence-corrected chi connectivity index (χ0v) is 12.5. The summed E-state index contributed by atoms with van der Waals surface area (Å²) < 4.78 is 5.23. The van der Waals surface area contributed by atoms with E-state index in [-0.39, 0.29) is 12.5 Å². The molecule has 0 radical (unpaired) electrons. The highest BCUT2D eigenvalue weighted by Gasteiger charge is 2.21. The maximum Gasteiger partial charge on any atom is 0.326 e. The molecule has 0 heterocycles. The molecule has 120 valence electrons. The third-order valence-corrected chi connectivity index (χ3v) is 2.85. The van der Waals surface area contributed by atoms with Gasteiger partial charge in [-0.1, -0.05) is 13.8 Å². The van der Waals surface area contributed by atoms with Gasteiger partial charge in [0, 0.05) is 5.56 Å². The van der Waals surface area contributed by atoms with Crippen molar-refractivity contribution in [2.45, 2.75) is 26.3 Å². The van der Waals surface area contributed by atoms with Gasteiger partial charge in [0.15, 0.2) is 6.61 Å². The molecule has 0 aromatic heterocycles. The SMILES string of the molecule is CC(C)C[C@@H](NC(=O)COc1ccc(C(N)=O)cc1)C(=O)O. The van der Waals surface area contributed by atoms with Gasteiger partial charge in [0.05, 0.1) is 0 Å². The van der Waals surface area contributed by atoms with Gasteiger partial charge in [0.25, 0.3) is 5.91 Å². The highest BCUT2D eigenvalue weighted by molar-refractivity contribution is 5.92. The summed E-state index contributed by atoms with van der Waals surface area (Å²) in [6.07, 6.45) is 0.342. The monoisotopic (exact) mass is 308 g/mol. The summed E-state index contributed by atoms with van der Waals surface area (Å²) in [5.41, 5.74) is 5.44. The lowest BCUT2D eigenvalue weighted by Crippen LogP contribution is -2.43. The van der Waals surface area contributed by atoms with E-state index in [0.29, 0.717) is 17.7 Å². The number of nitrogens with two attached hydrogens (primary N) is 1. The van der Waals surface area contributed by atoms with Gasteiger partial charge in [-0.05, 0) is 36.6 Å². The molecule has 22 heavy (non-hydrogen) atoms. The predicted octanol–water partition coefficient (Wildman–Crippen LogP) is 0.780. The topological polar surface area (TPSA) is 119 Å². The number of amides is 2. The molecule has 0 unspecified atom stereocenters. The molecule has 0 aliphatic rings. The number of benzene rings is 1. The van der Waals surface area contributed by atoms with E-state index in [1.54, 1.807) is 0 Å². The number of carbonyl (C=O) groups is 3. The van der Waals surface area contributed by atoms with E-state index in [1.165, 1.54) is 24.3 Å². The Morgan fingerprint density at radius 1 is 1.23 bits per heavy atom. The van der Waals surface area contributed by atoms with Crippen LogP contribution in [0.4, 0.5) is 0 Å². The Hall–Kier alpha value is -2.57. The number of hydrogen-bond acceptors (Lipinski definition) is 4. The minimum absolute atomic E-state index is 0.142. The lowest BCUT2D eigenvalue weighted by Gasteiger charge is -2.16. The molecule has 1 atom stereocenters. The predicted molar refractivity (Wildman–Crippen MR) is 79.5 cm³/mol. The normalized spacial score (nSPS) is 11.8. The summed E-state index contributed by atoms with van der Waals surface area (Å²) in [6.45, 7) is 3.44. The van der Waals surface area contributed by atoms with Crippen molar-refractivity contribution < 1.29 is 24.2 Å². The van der Waals surface area contributed by atoms with E-state index in [4.69, 9.17) is 15.6 Å². The fourth-order valence-corrected chi connectivity index (χ4v) is 1.79. The van der Waals surface area contributed by atoms with Crippen LogP contribution in [0.3, 0.4) is 0 Å². The first-order valence-corrected chi connectivity index (χ1v) is 6.84. The quantitative estimate of drug-likeness (QED) is 0.655. The Morgan fingerprint density at radius 3 is 2.27 bits per heavy atom. The summed E-state index contributed by atoms with van der Waals surface area (Å²) in [5.74, 6) is -1.62.